The van der Waals surface area contributed by atoms with Crippen molar-refractivity contribution < 1.29 is 4.42 Å². The number of thiophene rings is 1. The van der Waals surface area contributed by atoms with Crippen LogP contribution in [-0.2, 0) is 0 Å². The standard InChI is InChI=1S/C45H27N3OS/c1-3-11-28(12-4-1)29-21-23-30(24-22-29)32-25-26-40-38(27-32)35-17-10-19-37(42(35)50-40)45-47-43(31-13-5-2-6-14-31)46-44(48-45)36-18-9-16-34-33-15-7-8-20-39(33)49-41(34)36/h1-27H. The second kappa shape index (κ2) is 11.6. The van der Waals surface area contributed by atoms with Gasteiger partial charge >= 0.3 is 0 Å². The van der Waals surface area contributed by atoms with E-state index in [-0.39, 0.29) is 0 Å². The van der Waals surface area contributed by atoms with Crippen molar-refractivity contribution in [1.29, 1.82) is 0 Å². The van der Waals surface area contributed by atoms with E-state index in [9.17, 15) is 0 Å². The van der Waals surface area contributed by atoms with Gasteiger partial charge in [0.05, 0.1) is 5.56 Å². The predicted molar refractivity (Wildman–Crippen MR) is 207 cm³/mol. The van der Waals surface area contributed by atoms with Crippen LogP contribution in [0.1, 0.15) is 0 Å². The second-order valence-electron chi connectivity index (χ2n) is 12.4. The molecule has 0 aliphatic rings. The van der Waals surface area contributed by atoms with E-state index in [1.165, 1.54) is 37.7 Å². The Morgan fingerprint density at radius 1 is 0.380 bits per heavy atom. The molecule has 10 aromatic rings. The van der Waals surface area contributed by atoms with E-state index >= 15 is 0 Å². The molecule has 5 heteroatoms. The molecule has 0 fully saturated rings. The number of rotatable bonds is 5. The third-order valence-corrected chi connectivity index (χ3v) is 10.6. The zero-order valence-electron chi connectivity index (χ0n) is 26.7. The van der Waals surface area contributed by atoms with Crippen molar-refractivity contribution in [2.75, 3.05) is 0 Å². The van der Waals surface area contributed by atoms with Gasteiger partial charge in [0.2, 0.25) is 0 Å². The van der Waals surface area contributed by atoms with Crippen molar-refractivity contribution in [2.24, 2.45) is 0 Å². The topological polar surface area (TPSA) is 51.8 Å². The lowest BCUT2D eigenvalue weighted by Gasteiger charge is -2.09. The molecule has 0 saturated carbocycles. The van der Waals surface area contributed by atoms with E-state index in [1.54, 1.807) is 11.3 Å². The minimum atomic E-state index is 0.581. The van der Waals surface area contributed by atoms with Crippen LogP contribution >= 0.6 is 11.3 Å². The van der Waals surface area contributed by atoms with Gasteiger partial charge in [0.1, 0.15) is 11.2 Å². The maximum absolute atomic E-state index is 6.42. The molecule has 3 aromatic heterocycles. The molecule has 0 aliphatic carbocycles. The van der Waals surface area contributed by atoms with Gasteiger partial charge in [0, 0.05) is 42.1 Å². The Balaban J connectivity index is 1.13. The highest BCUT2D eigenvalue weighted by molar-refractivity contribution is 7.26. The predicted octanol–water partition coefficient (Wildman–Crippen LogP) is 12.5. The van der Waals surface area contributed by atoms with E-state index in [0.29, 0.717) is 17.5 Å². The first kappa shape index (κ1) is 28.6. The molecule has 0 spiro atoms. The van der Waals surface area contributed by atoms with Gasteiger partial charge in [0.25, 0.3) is 0 Å². The van der Waals surface area contributed by atoms with Crippen LogP contribution in [0.4, 0.5) is 0 Å². The summed E-state index contributed by atoms with van der Waals surface area (Å²) in [7, 11) is 0. The van der Waals surface area contributed by atoms with Gasteiger partial charge in [-0.2, -0.15) is 0 Å². The van der Waals surface area contributed by atoms with Crippen LogP contribution in [0, 0.1) is 0 Å². The molecule has 0 atom stereocenters. The first-order chi connectivity index (χ1) is 24.8. The molecule has 0 aliphatic heterocycles. The summed E-state index contributed by atoms with van der Waals surface area (Å²) in [6.45, 7) is 0. The first-order valence-electron chi connectivity index (χ1n) is 16.6. The quantitative estimate of drug-likeness (QED) is 0.185. The second-order valence-corrected chi connectivity index (χ2v) is 13.4. The van der Waals surface area contributed by atoms with Gasteiger partial charge < -0.3 is 4.42 Å². The normalized spacial score (nSPS) is 11.6. The summed E-state index contributed by atoms with van der Waals surface area (Å²) < 4.78 is 8.79. The van der Waals surface area contributed by atoms with Crippen molar-refractivity contribution in [3.63, 3.8) is 0 Å². The molecule has 0 radical (unpaired) electrons. The molecule has 0 N–H and O–H groups in total. The van der Waals surface area contributed by atoms with Crippen molar-refractivity contribution in [2.45, 2.75) is 0 Å². The van der Waals surface area contributed by atoms with Crippen LogP contribution in [0.2, 0.25) is 0 Å². The van der Waals surface area contributed by atoms with E-state index in [4.69, 9.17) is 19.4 Å². The Bertz CT molecular complexity index is 2860. The highest BCUT2D eigenvalue weighted by Gasteiger charge is 2.19. The fourth-order valence-electron chi connectivity index (χ4n) is 6.90. The maximum Gasteiger partial charge on any atom is 0.167 e. The van der Waals surface area contributed by atoms with E-state index in [0.717, 1.165) is 43.3 Å². The molecule has 7 aromatic carbocycles. The van der Waals surface area contributed by atoms with E-state index in [2.05, 4.69) is 97.1 Å². The fraction of sp³-hybridized carbons (Fsp3) is 0. The molecule has 3 heterocycles. The Kier molecular flexibility index (Phi) is 6.64. The number of benzene rings is 7. The van der Waals surface area contributed by atoms with Crippen LogP contribution in [0.3, 0.4) is 0 Å². The van der Waals surface area contributed by atoms with E-state index < -0.39 is 0 Å². The summed E-state index contributed by atoms with van der Waals surface area (Å²) in [5.74, 6) is 1.84. The van der Waals surface area contributed by atoms with E-state index in [1.807, 2.05) is 66.7 Å². The zero-order valence-corrected chi connectivity index (χ0v) is 27.6. The Hall–Kier alpha value is -6.43. The van der Waals surface area contributed by atoms with Gasteiger partial charge in [-0.25, -0.2) is 15.0 Å². The zero-order chi connectivity index (χ0) is 33.0. The Labute approximate surface area is 292 Å². The monoisotopic (exact) mass is 657 g/mol. The highest BCUT2D eigenvalue weighted by atomic mass is 32.1. The summed E-state index contributed by atoms with van der Waals surface area (Å²) >= 11 is 1.78. The van der Waals surface area contributed by atoms with Crippen molar-refractivity contribution >= 4 is 53.4 Å². The van der Waals surface area contributed by atoms with Crippen LogP contribution in [0.25, 0.3) is 98.5 Å². The Morgan fingerprint density at radius 3 is 1.72 bits per heavy atom. The number of furan rings is 1. The average molecular weight is 658 g/mol. The molecule has 0 amide bonds. The fourth-order valence-corrected chi connectivity index (χ4v) is 8.09. The summed E-state index contributed by atoms with van der Waals surface area (Å²) in [6, 6.07) is 56.9. The number of para-hydroxylation sites is 2. The largest absolute Gasteiger partial charge is 0.455 e. The summed E-state index contributed by atoms with van der Waals surface area (Å²) in [5.41, 5.74) is 9.18. The smallest absolute Gasteiger partial charge is 0.167 e. The SMILES string of the molecule is c1ccc(-c2ccc(-c3ccc4sc5c(-c6nc(-c7ccccc7)nc(-c7cccc8c7oc7ccccc78)n6)cccc5c4c3)cc2)cc1. The molecular formula is C45H27N3OS. The summed E-state index contributed by atoms with van der Waals surface area (Å²) in [4.78, 5) is 15.3. The lowest BCUT2D eigenvalue weighted by atomic mass is 9.99. The molecule has 0 bridgehead atoms. The number of hydrogen-bond donors (Lipinski definition) is 0. The van der Waals surface area contributed by atoms with Crippen molar-refractivity contribution in [3.8, 4) is 56.4 Å². The third-order valence-electron chi connectivity index (χ3n) is 9.38. The van der Waals surface area contributed by atoms with Crippen molar-refractivity contribution in [3.05, 3.63) is 164 Å². The van der Waals surface area contributed by atoms with Gasteiger partial charge in [0.15, 0.2) is 17.5 Å². The van der Waals surface area contributed by atoms with Crippen LogP contribution < -0.4 is 0 Å². The van der Waals surface area contributed by atoms with Gasteiger partial charge in [-0.3, -0.25) is 0 Å². The molecular weight excluding hydrogens is 631 g/mol. The lowest BCUT2D eigenvalue weighted by Crippen LogP contribution is -2.00. The molecule has 0 saturated heterocycles. The highest BCUT2D eigenvalue weighted by Crippen LogP contribution is 2.42. The number of nitrogens with zero attached hydrogens (tertiary/aromatic N) is 3. The lowest BCUT2D eigenvalue weighted by molar-refractivity contribution is 0.669. The summed E-state index contributed by atoms with van der Waals surface area (Å²) in [6.07, 6.45) is 0. The average Bonchev–Trinajstić information content (AvgIpc) is 3.77. The number of aromatic nitrogens is 3. The minimum absolute atomic E-state index is 0.581. The van der Waals surface area contributed by atoms with Gasteiger partial charge in [-0.15, -0.1) is 11.3 Å². The van der Waals surface area contributed by atoms with Gasteiger partial charge in [-0.1, -0.05) is 133 Å². The molecule has 0 unspecified atom stereocenters. The molecule has 234 valence electrons. The Morgan fingerprint density at radius 2 is 0.940 bits per heavy atom. The van der Waals surface area contributed by atoms with Gasteiger partial charge in [-0.05, 0) is 52.6 Å². The third kappa shape index (κ3) is 4.79. The summed E-state index contributed by atoms with van der Waals surface area (Å²) in [5, 5.41) is 4.52. The number of fused-ring (bicyclic) bond motifs is 6. The molecule has 4 nitrogen and oxygen atoms in total. The minimum Gasteiger partial charge on any atom is -0.455 e. The number of hydrogen-bond acceptors (Lipinski definition) is 5. The van der Waals surface area contributed by atoms with Crippen molar-refractivity contribution in [1.82, 2.24) is 15.0 Å². The van der Waals surface area contributed by atoms with Crippen LogP contribution in [0.15, 0.2) is 168 Å². The van der Waals surface area contributed by atoms with Crippen LogP contribution in [0.5, 0.6) is 0 Å². The first-order valence-corrected chi connectivity index (χ1v) is 17.4. The molecule has 10 rings (SSSR count). The molecule has 50 heavy (non-hydrogen) atoms. The van der Waals surface area contributed by atoms with Crippen LogP contribution in [-0.4, -0.2) is 15.0 Å². The maximum atomic E-state index is 6.42.